The highest BCUT2D eigenvalue weighted by Gasteiger charge is 2.19. The number of esters is 3. The van der Waals surface area contributed by atoms with Crippen LogP contribution in [0.2, 0.25) is 0 Å². The van der Waals surface area contributed by atoms with Crippen molar-refractivity contribution in [3.8, 4) is 0 Å². The van der Waals surface area contributed by atoms with Gasteiger partial charge >= 0.3 is 17.9 Å². The first-order chi connectivity index (χ1) is 33.5. The minimum absolute atomic E-state index is 0.0881. The zero-order valence-corrected chi connectivity index (χ0v) is 44.6. The van der Waals surface area contributed by atoms with Gasteiger partial charge in [-0.3, -0.25) is 14.4 Å². The molecule has 0 amide bonds. The number of carbonyl (C=O) groups excluding carboxylic acids is 3. The monoisotopic (exact) mass is 947 g/mol. The van der Waals surface area contributed by atoms with Crippen molar-refractivity contribution in [2.75, 3.05) is 13.2 Å². The Hall–Kier alpha value is -3.41. The smallest absolute Gasteiger partial charge is 0.306 e. The van der Waals surface area contributed by atoms with Gasteiger partial charge in [-0.05, 0) is 77.0 Å². The van der Waals surface area contributed by atoms with E-state index in [4.69, 9.17) is 14.2 Å². The maximum atomic E-state index is 12.9. The molecule has 0 radical (unpaired) electrons. The molecule has 0 aliphatic heterocycles. The Kier molecular flexibility index (Phi) is 53.4. The number of unbranched alkanes of at least 4 members (excludes halogenated alkanes) is 29. The van der Waals surface area contributed by atoms with E-state index in [-0.39, 0.29) is 31.1 Å². The highest BCUT2D eigenvalue weighted by Crippen LogP contribution is 2.16. The van der Waals surface area contributed by atoms with Crippen molar-refractivity contribution in [3.63, 3.8) is 0 Å². The molecule has 0 saturated heterocycles. The maximum Gasteiger partial charge on any atom is 0.306 e. The van der Waals surface area contributed by atoms with Crippen molar-refractivity contribution in [1.29, 1.82) is 0 Å². The summed E-state index contributed by atoms with van der Waals surface area (Å²) in [5.74, 6) is -0.917. The van der Waals surface area contributed by atoms with Crippen LogP contribution in [0.1, 0.15) is 271 Å². The second-order valence-corrected chi connectivity index (χ2v) is 18.9. The Bertz CT molecular complexity index is 1320. The number of hydrogen-bond donors (Lipinski definition) is 0. The first-order valence-corrected chi connectivity index (χ1v) is 28.6. The standard InChI is InChI=1S/C62H106O6/c1-4-7-10-13-16-19-22-25-28-31-32-35-37-40-43-46-49-52-55-61(64)67-58-59(68-62(65)56-53-50-47-44-41-38-34-30-27-24-21-18-15-12-9-6-3)57-66-60(63)54-51-48-45-42-39-36-33-29-26-23-20-17-14-11-8-5-2/h9,12,16,18-19,21-22,25,27-28,30-32,35,59H,4-8,10-11,13-15,17,20,23-24,26,29,33-34,36-58H2,1-3H3/b12-9-,19-16-,21-18-,25-22-,30-27-,31-28-,35-32-. The van der Waals surface area contributed by atoms with E-state index in [1.807, 2.05) is 0 Å². The van der Waals surface area contributed by atoms with E-state index in [1.54, 1.807) is 0 Å². The number of rotatable bonds is 51. The molecule has 1 unspecified atom stereocenters. The molecule has 0 heterocycles. The van der Waals surface area contributed by atoms with Crippen LogP contribution in [0.5, 0.6) is 0 Å². The maximum absolute atomic E-state index is 12.9. The highest BCUT2D eigenvalue weighted by atomic mass is 16.6. The summed E-state index contributed by atoms with van der Waals surface area (Å²) in [4.78, 5) is 38.2. The van der Waals surface area contributed by atoms with Crippen LogP contribution in [0.4, 0.5) is 0 Å². The lowest BCUT2D eigenvalue weighted by Gasteiger charge is -2.18. The van der Waals surface area contributed by atoms with E-state index < -0.39 is 6.10 Å². The summed E-state index contributed by atoms with van der Waals surface area (Å²) in [7, 11) is 0. The Morgan fingerprint density at radius 3 is 1.06 bits per heavy atom. The normalized spacial score (nSPS) is 12.7. The molecular formula is C62H106O6. The molecule has 0 fully saturated rings. The SMILES string of the molecule is CC/C=C\C/C=C\C/C=C\CCCCCCCCC(=O)OC(COC(=O)CCCCCCC\C=C/C=C\C=C/C=C\CCCCC)COC(=O)CCCCCCCCCCCCCCCCCC. The van der Waals surface area contributed by atoms with E-state index in [1.165, 1.54) is 116 Å². The van der Waals surface area contributed by atoms with E-state index in [0.717, 1.165) is 116 Å². The fourth-order valence-electron chi connectivity index (χ4n) is 7.94. The molecule has 0 aromatic heterocycles. The van der Waals surface area contributed by atoms with Gasteiger partial charge in [-0.2, -0.15) is 0 Å². The van der Waals surface area contributed by atoms with E-state index in [9.17, 15) is 14.4 Å². The van der Waals surface area contributed by atoms with Gasteiger partial charge in [-0.1, -0.05) is 260 Å². The molecule has 6 heteroatoms. The molecule has 0 saturated carbocycles. The number of ether oxygens (including phenoxy) is 3. The number of allylic oxidation sites excluding steroid dienone is 14. The summed E-state index contributed by atoms with van der Waals surface area (Å²) in [5.41, 5.74) is 0. The summed E-state index contributed by atoms with van der Waals surface area (Å²) >= 11 is 0. The lowest BCUT2D eigenvalue weighted by atomic mass is 10.0. The van der Waals surface area contributed by atoms with Gasteiger partial charge in [-0.15, -0.1) is 0 Å². The second-order valence-electron chi connectivity index (χ2n) is 18.9. The van der Waals surface area contributed by atoms with Crippen molar-refractivity contribution in [2.24, 2.45) is 0 Å². The molecule has 68 heavy (non-hydrogen) atoms. The van der Waals surface area contributed by atoms with Gasteiger partial charge in [0.05, 0.1) is 0 Å². The highest BCUT2D eigenvalue weighted by molar-refractivity contribution is 5.71. The first-order valence-electron chi connectivity index (χ1n) is 28.6. The van der Waals surface area contributed by atoms with Gasteiger partial charge in [0, 0.05) is 19.3 Å². The Balaban J connectivity index is 4.45. The van der Waals surface area contributed by atoms with Crippen LogP contribution < -0.4 is 0 Å². The van der Waals surface area contributed by atoms with Crippen LogP contribution in [0.15, 0.2) is 85.1 Å². The molecule has 0 aliphatic carbocycles. The second kappa shape index (κ2) is 56.2. The molecule has 1 atom stereocenters. The minimum atomic E-state index is -0.793. The molecule has 390 valence electrons. The molecule has 6 nitrogen and oxygen atoms in total. The molecule has 0 aromatic rings. The van der Waals surface area contributed by atoms with Crippen molar-refractivity contribution < 1.29 is 28.6 Å². The van der Waals surface area contributed by atoms with E-state index in [0.29, 0.717) is 19.3 Å². The summed E-state index contributed by atoms with van der Waals surface area (Å²) in [6, 6.07) is 0. The third-order valence-corrected chi connectivity index (χ3v) is 12.2. The summed E-state index contributed by atoms with van der Waals surface area (Å²) in [6.45, 7) is 6.48. The van der Waals surface area contributed by atoms with Gasteiger partial charge < -0.3 is 14.2 Å². The van der Waals surface area contributed by atoms with Gasteiger partial charge in [0.25, 0.3) is 0 Å². The van der Waals surface area contributed by atoms with Crippen molar-refractivity contribution in [3.05, 3.63) is 85.1 Å². The zero-order chi connectivity index (χ0) is 49.3. The topological polar surface area (TPSA) is 78.9 Å². The molecule has 0 aromatic carbocycles. The lowest BCUT2D eigenvalue weighted by Crippen LogP contribution is -2.30. The number of carbonyl (C=O) groups is 3. The van der Waals surface area contributed by atoms with Crippen LogP contribution in [0, 0.1) is 0 Å². The quantitative estimate of drug-likeness (QED) is 0.0199. The van der Waals surface area contributed by atoms with Crippen LogP contribution in [-0.4, -0.2) is 37.2 Å². The Labute approximate surface area is 420 Å². The van der Waals surface area contributed by atoms with Crippen molar-refractivity contribution in [2.45, 2.75) is 277 Å². The van der Waals surface area contributed by atoms with Gasteiger partial charge in [0.15, 0.2) is 6.10 Å². The predicted molar refractivity (Wildman–Crippen MR) is 293 cm³/mol. The zero-order valence-electron chi connectivity index (χ0n) is 44.6. The fourth-order valence-corrected chi connectivity index (χ4v) is 7.94. The largest absolute Gasteiger partial charge is 0.462 e. The van der Waals surface area contributed by atoms with E-state index >= 15 is 0 Å². The van der Waals surface area contributed by atoms with Gasteiger partial charge in [0.2, 0.25) is 0 Å². The number of hydrogen-bond acceptors (Lipinski definition) is 6. The van der Waals surface area contributed by atoms with Gasteiger partial charge in [-0.25, -0.2) is 0 Å². The molecule has 0 rings (SSSR count). The summed E-state index contributed by atoms with van der Waals surface area (Å²) < 4.78 is 16.9. The minimum Gasteiger partial charge on any atom is -0.462 e. The third-order valence-electron chi connectivity index (χ3n) is 12.2. The van der Waals surface area contributed by atoms with Gasteiger partial charge in [0.1, 0.15) is 13.2 Å². The average molecular weight is 948 g/mol. The molecule has 0 spiro atoms. The van der Waals surface area contributed by atoms with Crippen molar-refractivity contribution in [1.82, 2.24) is 0 Å². The molecular weight excluding hydrogens is 841 g/mol. The fraction of sp³-hybridized carbons (Fsp3) is 0.726. The molecule has 0 N–H and O–H groups in total. The summed E-state index contributed by atoms with van der Waals surface area (Å²) in [5, 5.41) is 0. The third kappa shape index (κ3) is 53.5. The first kappa shape index (κ1) is 64.6. The molecule has 0 aliphatic rings. The van der Waals surface area contributed by atoms with E-state index in [2.05, 4.69) is 106 Å². The predicted octanol–water partition coefficient (Wildman–Crippen LogP) is 19.2. The Morgan fingerprint density at radius 1 is 0.324 bits per heavy atom. The van der Waals surface area contributed by atoms with Crippen LogP contribution in [0.3, 0.4) is 0 Å². The average Bonchev–Trinajstić information content (AvgIpc) is 3.34. The van der Waals surface area contributed by atoms with Crippen molar-refractivity contribution >= 4 is 17.9 Å². The van der Waals surface area contributed by atoms with Crippen LogP contribution in [0.25, 0.3) is 0 Å². The lowest BCUT2D eigenvalue weighted by molar-refractivity contribution is -0.167. The Morgan fingerprint density at radius 2 is 0.632 bits per heavy atom. The van der Waals surface area contributed by atoms with Crippen LogP contribution in [-0.2, 0) is 28.6 Å². The summed E-state index contributed by atoms with van der Waals surface area (Å²) in [6.07, 6.45) is 72.8. The molecule has 0 bridgehead atoms. The van der Waals surface area contributed by atoms with Crippen LogP contribution >= 0.6 is 0 Å².